The van der Waals surface area contributed by atoms with E-state index in [-0.39, 0.29) is 11.8 Å². The molecule has 5 nitrogen and oxygen atoms in total. The summed E-state index contributed by atoms with van der Waals surface area (Å²) in [4.78, 5) is 27.1. The van der Waals surface area contributed by atoms with Gasteiger partial charge in [-0.1, -0.05) is 23.7 Å². The van der Waals surface area contributed by atoms with E-state index in [2.05, 4.69) is 10.2 Å². The fourth-order valence-corrected chi connectivity index (χ4v) is 2.73. The third kappa shape index (κ3) is 5.31. The molecule has 1 aliphatic rings. The van der Waals surface area contributed by atoms with Gasteiger partial charge in [-0.3, -0.25) is 14.5 Å². The van der Waals surface area contributed by atoms with Crippen molar-refractivity contribution in [3.8, 4) is 0 Å². The molecule has 0 radical (unpaired) electrons. The number of hydrogen-bond donors (Lipinski definition) is 1. The van der Waals surface area contributed by atoms with Gasteiger partial charge in [0.2, 0.25) is 11.8 Å². The van der Waals surface area contributed by atoms with Crippen molar-refractivity contribution in [3.63, 3.8) is 0 Å². The lowest BCUT2D eigenvalue weighted by Gasteiger charge is -2.33. The number of benzene rings is 1. The maximum absolute atomic E-state index is 11.9. The topological polar surface area (TPSA) is 52.7 Å². The molecule has 1 aromatic rings. The van der Waals surface area contributed by atoms with Gasteiger partial charge < -0.3 is 10.2 Å². The van der Waals surface area contributed by atoms with Crippen LogP contribution in [0.15, 0.2) is 24.3 Å². The second kappa shape index (κ2) is 8.15. The molecule has 0 bridgehead atoms. The van der Waals surface area contributed by atoms with Gasteiger partial charge in [-0.15, -0.1) is 0 Å². The van der Waals surface area contributed by atoms with E-state index < -0.39 is 0 Å². The SMILES string of the molecule is CC(=O)N1CCN(CC(=O)NCCc2cccc(Cl)c2)CC1. The average molecular weight is 324 g/mol. The first-order valence-corrected chi connectivity index (χ1v) is 7.91. The van der Waals surface area contributed by atoms with Gasteiger partial charge in [0.05, 0.1) is 6.54 Å². The van der Waals surface area contributed by atoms with Crippen LogP contribution in [0.1, 0.15) is 12.5 Å². The zero-order valence-corrected chi connectivity index (χ0v) is 13.6. The Bertz CT molecular complexity index is 528. The lowest BCUT2D eigenvalue weighted by Crippen LogP contribution is -2.50. The number of carbonyl (C=O) groups is 2. The smallest absolute Gasteiger partial charge is 0.234 e. The molecule has 2 amide bonds. The number of halogens is 1. The van der Waals surface area contributed by atoms with Gasteiger partial charge in [0.1, 0.15) is 0 Å². The Labute approximate surface area is 136 Å². The van der Waals surface area contributed by atoms with Gasteiger partial charge in [0, 0.05) is 44.7 Å². The Morgan fingerprint density at radius 3 is 2.59 bits per heavy atom. The Balaban J connectivity index is 1.65. The van der Waals surface area contributed by atoms with E-state index in [1.165, 1.54) is 0 Å². The Kier molecular flexibility index (Phi) is 6.21. The summed E-state index contributed by atoms with van der Waals surface area (Å²) in [6, 6.07) is 7.66. The van der Waals surface area contributed by atoms with Crippen molar-refractivity contribution < 1.29 is 9.59 Å². The molecule has 0 atom stereocenters. The van der Waals surface area contributed by atoms with E-state index >= 15 is 0 Å². The summed E-state index contributed by atoms with van der Waals surface area (Å²) in [5.41, 5.74) is 1.11. The monoisotopic (exact) mass is 323 g/mol. The molecule has 6 heteroatoms. The number of nitrogens with zero attached hydrogens (tertiary/aromatic N) is 2. The van der Waals surface area contributed by atoms with Crippen molar-refractivity contribution in [3.05, 3.63) is 34.9 Å². The number of hydrogen-bond acceptors (Lipinski definition) is 3. The predicted molar refractivity (Wildman–Crippen MR) is 86.9 cm³/mol. The third-order valence-electron chi connectivity index (χ3n) is 3.81. The standard InChI is InChI=1S/C16H22ClN3O2/c1-13(21)20-9-7-19(8-10-20)12-16(22)18-6-5-14-3-2-4-15(17)11-14/h2-4,11H,5-10,12H2,1H3,(H,18,22). The highest BCUT2D eigenvalue weighted by Crippen LogP contribution is 2.10. The molecule has 0 aromatic heterocycles. The molecule has 1 saturated heterocycles. The minimum atomic E-state index is 0.0262. The number of rotatable bonds is 5. The number of carbonyl (C=O) groups excluding carboxylic acids is 2. The van der Waals surface area contributed by atoms with Gasteiger partial charge in [-0.25, -0.2) is 0 Å². The molecule has 0 saturated carbocycles. The van der Waals surface area contributed by atoms with Crippen LogP contribution in [0.2, 0.25) is 5.02 Å². The molecule has 0 spiro atoms. The summed E-state index contributed by atoms with van der Waals surface area (Å²) in [6.45, 7) is 5.48. The lowest BCUT2D eigenvalue weighted by molar-refractivity contribution is -0.131. The van der Waals surface area contributed by atoms with Gasteiger partial charge >= 0.3 is 0 Å². The van der Waals surface area contributed by atoms with Crippen LogP contribution in [0.5, 0.6) is 0 Å². The van der Waals surface area contributed by atoms with Crippen LogP contribution in [0, 0.1) is 0 Å². The summed E-state index contributed by atoms with van der Waals surface area (Å²) in [7, 11) is 0. The Morgan fingerprint density at radius 1 is 1.23 bits per heavy atom. The molecular weight excluding hydrogens is 302 g/mol. The Morgan fingerprint density at radius 2 is 1.95 bits per heavy atom. The highest BCUT2D eigenvalue weighted by Gasteiger charge is 2.19. The van der Waals surface area contributed by atoms with Gasteiger partial charge in [0.15, 0.2) is 0 Å². The molecule has 0 aliphatic carbocycles. The Hall–Kier alpha value is -1.59. The van der Waals surface area contributed by atoms with E-state index in [0.717, 1.165) is 25.1 Å². The number of amides is 2. The van der Waals surface area contributed by atoms with E-state index in [4.69, 9.17) is 11.6 Å². The fourth-order valence-electron chi connectivity index (χ4n) is 2.52. The predicted octanol–water partition coefficient (Wildman–Crippen LogP) is 1.16. The third-order valence-corrected chi connectivity index (χ3v) is 4.04. The molecule has 1 N–H and O–H groups in total. The molecule has 2 rings (SSSR count). The van der Waals surface area contributed by atoms with E-state index in [0.29, 0.717) is 31.2 Å². The van der Waals surface area contributed by atoms with Crippen molar-refractivity contribution in [2.75, 3.05) is 39.3 Å². The minimum Gasteiger partial charge on any atom is -0.355 e. The molecule has 22 heavy (non-hydrogen) atoms. The van der Waals surface area contributed by atoms with Crippen molar-refractivity contribution in [1.29, 1.82) is 0 Å². The second-order valence-corrected chi connectivity index (χ2v) is 5.95. The van der Waals surface area contributed by atoms with Crippen molar-refractivity contribution in [1.82, 2.24) is 15.1 Å². The van der Waals surface area contributed by atoms with E-state index in [1.54, 1.807) is 6.92 Å². The fraction of sp³-hybridized carbons (Fsp3) is 0.500. The minimum absolute atomic E-state index is 0.0262. The van der Waals surface area contributed by atoms with Crippen LogP contribution in [-0.4, -0.2) is 60.9 Å². The summed E-state index contributed by atoms with van der Waals surface area (Å²) in [6.07, 6.45) is 0.768. The summed E-state index contributed by atoms with van der Waals surface area (Å²) < 4.78 is 0. The maximum Gasteiger partial charge on any atom is 0.234 e. The zero-order valence-electron chi connectivity index (χ0n) is 12.8. The van der Waals surface area contributed by atoms with Crippen LogP contribution in [-0.2, 0) is 16.0 Å². The highest BCUT2D eigenvalue weighted by molar-refractivity contribution is 6.30. The lowest BCUT2D eigenvalue weighted by atomic mass is 10.1. The largest absolute Gasteiger partial charge is 0.355 e. The molecule has 1 fully saturated rings. The molecule has 1 heterocycles. The van der Waals surface area contributed by atoms with Crippen LogP contribution < -0.4 is 5.32 Å². The van der Waals surface area contributed by atoms with E-state index in [9.17, 15) is 9.59 Å². The first-order valence-electron chi connectivity index (χ1n) is 7.53. The first kappa shape index (κ1) is 16.8. The van der Waals surface area contributed by atoms with Crippen molar-refractivity contribution >= 4 is 23.4 Å². The first-order chi connectivity index (χ1) is 10.5. The zero-order chi connectivity index (χ0) is 15.9. The molecule has 1 aliphatic heterocycles. The normalized spacial score (nSPS) is 15.6. The van der Waals surface area contributed by atoms with E-state index in [1.807, 2.05) is 29.2 Å². The molecule has 120 valence electrons. The van der Waals surface area contributed by atoms with Crippen LogP contribution >= 0.6 is 11.6 Å². The molecule has 1 aromatic carbocycles. The maximum atomic E-state index is 11.9. The number of nitrogens with one attached hydrogen (secondary N) is 1. The molecular formula is C16H22ClN3O2. The summed E-state index contributed by atoms with van der Waals surface area (Å²) >= 11 is 5.93. The van der Waals surface area contributed by atoms with Gasteiger partial charge in [-0.05, 0) is 24.1 Å². The molecule has 0 unspecified atom stereocenters. The van der Waals surface area contributed by atoms with Gasteiger partial charge in [0.25, 0.3) is 0 Å². The second-order valence-electron chi connectivity index (χ2n) is 5.51. The van der Waals surface area contributed by atoms with Crippen LogP contribution in [0.4, 0.5) is 0 Å². The van der Waals surface area contributed by atoms with Gasteiger partial charge in [-0.2, -0.15) is 0 Å². The summed E-state index contributed by atoms with van der Waals surface area (Å²) in [5, 5.41) is 3.64. The average Bonchev–Trinajstić information content (AvgIpc) is 2.48. The summed E-state index contributed by atoms with van der Waals surface area (Å²) in [5.74, 6) is 0.129. The quantitative estimate of drug-likeness (QED) is 0.885. The van der Waals surface area contributed by atoms with Crippen LogP contribution in [0.3, 0.4) is 0 Å². The van der Waals surface area contributed by atoms with Crippen molar-refractivity contribution in [2.45, 2.75) is 13.3 Å². The van der Waals surface area contributed by atoms with Crippen LogP contribution in [0.25, 0.3) is 0 Å². The number of piperazine rings is 1. The highest BCUT2D eigenvalue weighted by atomic mass is 35.5. The van der Waals surface area contributed by atoms with Crippen molar-refractivity contribution in [2.24, 2.45) is 0 Å².